The topological polar surface area (TPSA) is 139 Å². The highest BCUT2D eigenvalue weighted by atomic mass is 32.2. The summed E-state index contributed by atoms with van der Waals surface area (Å²) >= 11 is 0. The number of carbonyl (C=O) groups is 2. The zero-order chi connectivity index (χ0) is 26.5. The van der Waals surface area contributed by atoms with Gasteiger partial charge in [-0.3, -0.25) is 14.3 Å². The van der Waals surface area contributed by atoms with Crippen LogP contribution in [0.5, 0.6) is 11.5 Å². The number of hydrogen-bond donors (Lipinski definition) is 2. The van der Waals surface area contributed by atoms with Crippen LogP contribution in [0, 0.1) is 0 Å². The molecule has 0 radical (unpaired) electrons. The summed E-state index contributed by atoms with van der Waals surface area (Å²) in [6.07, 6.45) is 0. The van der Waals surface area contributed by atoms with E-state index in [4.69, 9.17) is 4.74 Å². The average Bonchev–Trinajstić information content (AvgIpc) is 2.89. The van der Waals surface area contributed by atoms with Gasteiger partial charge in [0.25, 0.3) is 15.9 Å². The molecule has 194 valence electrons. The van der Waals surface area contributed by atoms with Crippen LogP contribution in [0.25, 0.3) is 0 Å². The summed E-state index contributed by atoms with van der Waals surface area (Å²) < 4.78 is 57.2. The first kappa shape index (κ1) is 26.2. The van der Waals surface area contributed by atoms with Crippen LogP contribution >= 0.6 is 0 Å². The van der Waals surface area contributed by atoms with E-state index in [0.29, 0.717) is 11.5 Å². The van der Waals surface area contributed by atoms with Crippen molar-refractivity contribution in [3.63, 3.8) is 0 Å². The van der Waals surface area contributed by atoms with Crippen molar-refractivity contribution >= 4 is 37.4 Å². The van der Waals surface area contributed by atoms with Crippen molar-refractivity contribution < 1.29 is 31.2 Å². The highest BCUT2D eigenvalue weighted by molar-refractivity contribution is 7.92. The summed E-state index contributed by atoms with van der Waals surface area (Å²) in [5.74, 6) is -0.268. The second kappa shape index (κ2) is 11.0. The van der Waals surface area contributed by atoms with Gasteiger partial charge in [-0.15, -0.1) is 0 Å². The van der Waals surface area contributed by atoms with Crippen LogP contribution in [0.15, 0.2) is 83.8 Å². The molecule has 0 unspecified atom stereocenters. The number of benzene rings is 3. The Kier molecular flexibility index (Phi) is 7.79. The summed E-state index contributed by atoms with van der Waals surface area (Å²) in [5.41, 5.74) is 0.415. The number of para-hydroxylation sites is 3. The molecule has 0 bridgehead atoms. The zero-order valence-corrected chi connectivity index (χ0v) is 21.3. The van der Waals surface area contributed by atoms with Crippen LogP contribution < -0.4 is 14.8 Å². The molecule has 1 aliphatic rings. The van der Waals surface area contributed by atoms with Gasteiger partial charge in [-0.25, -0.2) is 16.8 Å². The molecule has 0 spiro atoms. The van der Waals surface area contributed by atoms with Crippen LogP contribution in [-0.2, 0) is 24.7 Å². The Hall–Kier alpha value is -3.90. The van der Waals surface area contributed by atoms with Gasteiger partial charge in [0.2, 0.25) is 5.91 Å². The molecule has 0 aromatic heterocycles. The maximum absolute atomic E-state index is 13.0. The van der Waals surface area contributed by atoms with E-state index in [0.717, 1.165) is 0 Å². The number of sulfone groups is 1. The normalized spacial score (nSPS) is 15.0. The summed E-state index contributed by atoms with van der Waals surface area (Å²) in [6.45, 7) is -0.106. The summed E-state index contributed by atoms with van der Waals surface area (Å²) in [7, 11) is -7.11. The minimum absolute atomic E-state index is 0.0656. The molecule has 3 aromatic carbocycles. The minimum Gasteiger partial charge on any atom is -0.455 e. The van der Waals surface area contributed by atoms with Crippen LogP contribution in [0.1, 0.15) is 10.4 Å². The lowest BCUT2D eigenvalue weighted by Crippen LogP contribution is -2.47. The number of carbonyl (C=O) groups excluding carboxylic acids is 2. The smallest absolute Gasteiger partial charge is 0.262 e. The molecular weight excluding hydrogens is 518 g/mol. The predicted molar refractivity (Wildman–Crippen MR) is 138 cm³/mol. The molecule has 1 saturated heterocycles. The van der Waals surface area contributed by atoms with Gasteiger partial charge in [-0.05, 0) is 48.5 Å². The molecule has 0 aliphatic carbocycles. The van der Waals surface area contributed by atoms with Gasteiger partial charge in [0.05, 0.1) is 28.6 Å². The van der Waals surface area contributed by atoms with Gasteiger partial charge in [0.15, 0.2) is 15.6 Å². The Labute approximate surface area is 215 Å². The van der Waals surface area contributed by atoms with E-state index in [1.54, 1.807) is 48.5 Å². The van der Waals surface area contributed by atoms with Crippen LogP contribution in [0.2, 0.25) is 0 Å². The van der Waals surface area contributed by atoms with Crippen LogP contribution in [0.4, 0.5) is 5.69 Å². The second-order valence-electron chi connectivity index (χ2n) is 8.26. The van der Waals surface area contributed by atoms with E-state index in [1.165, 1.54) is 29.2 Å². The number of hydrogen-bond acceptors (Lipinski definition) is 7. The van der Waals surface area contributed by atoms with Crippen molar-refractivity contribution in [1.82, 2.24) is 10.2 Å². The summed E-state index contributed by atoms with van der Waals surface area (Å²) in [4.78, 5) is 26.0. The molecule has 1 aliphatic heterocycles. The Morgan fingerprint density at radius 3 is 2.16 bits per heavy atom. The van der Waals surface area contributed by atoms with Crippen LogP contribution in [-0.4, -0.2) is 64.7 Å². The number of anilines is 1. The third-order valence-corrected chi connectivity index (χ3v) is 8.62. The maximum Gasteiger partial charge on any atom is 0.262 e. The fraction of sp³-hybridized carbons (Fsp3) is 0.200. The molecule has 1 fully saturated rings. The molecule has 4 rings (SSSR count). The lowest BCUT2D eigenvalue weighted by atomic mass is 10.2. The molecule has 2 amide bonds. The van der Waals surface area contributed by atoms with Crippen LogP contribution in [0.3, 0.4) is 0 Å². The van der Waals surface area contributed by atoms with E-state index in [9.17, 15) is 26.4 Å². The molecule has 0 saturated carbocycles. The standard InChI is InChI=1S/C25H25N3O7S2/c29-24(28-14-16-36(31,32)17-15-28)18-26-25(30)19-10-12-21(13-11-19)37(33,34)27-22-8-4-5-9-23(22)35-20-6-2-1-3-7-20/h1-13,27H,14-18H2,(H,26,30). The predicted octanol–water partition coefficient (Wildman–Crippen LogP) is 2.27. The van der Waals surface area contributed by atoms with Crippen molar-refractivity contribution in [1.29, 1.82) is 0 Å². The van der Waals surface area contributed by atoms with E-state index in [1.807, 2.05) is 6.07 Å². The lowest BCUT2D eigenvalue weighted by Gasteiger charge is -2.26. The lowest BCUT2D eigenvalue weighted by molar-refractivity contribution is -0.129. The largest absolute Gasteiger partial charge is 0.455 e. The highest BCUT2D eigenvalue weighted by Gasteiger charge is 2.25. The van der Waals surface area contributed by atoms with Gasteiger partial charge in [0.1, 0.15) is 5.75 Å². The molecule has 0 atom stereocenters. The number of nitrogens with zero attached hydrogens (tertiary/aromatic N) is 1. The second-order valence-corrected chi connectivity index (χ2v) is 12.2. The number of rotatable bonds is 8. The number of amides is 2. The van der Waals surface area contributed by atoms with E-state index in [-0.39, 0.29) is 53.2 Å². The molecule has 1 heterocycles. The van der Waals surface area contributed by atoms with E-state index >= 15 is 0 Å². The monoisotopic (exact) mass is 543 g/mol. The van der Waals surface area contributed by atoms with E-state index < -0.39 is 25.8 Å². The highest BCUT2D eigenvalue weighted by Crippen LogP contribution is 2.30. The average molecular weight is 544 g/mol. The molecule has 2 N–H and O–H groups in total. The van der Waals surface area contributed by atoms with E-state index in [2.05, 4.69) is 10.0 Å². The number of sulfonamides is 1. The first-order valence-corrected chi connectivity index (χ1v) is 14.6. The molecular formula is C25H25N3O7S2. The van der Waals surface area contributed by atoms with Gasteiger partial charge in [-0.1, -0.05) is 30.3 Å². The summed E-state index contributed by atoms with van der Waals surface area (Å²) in [6, 6.07) is 20.8. The Bertz CT molecular complexity index is 1480. The Morgan fingerprint density at radius 2 is 1.49 bits per heavy atom. The van der Waals surface area contributed by atoms with Crippen molar-refractivity contribution in [3.8, 4) is 11.5 Å². The van der Waals surface area contributed by atoms with Gasteiger partial charge < -0.3 is 15.0 Å². The van der Waals surface area contributed by atoms with Gasteiger partial charge in [0, 0.05) is 18.7 Å². The molecule has 37 heavy (non-hydrogen) atoms. The Balaban J connectivity index is 1.37. The number of ether oxygens (including phenoxy) is 1. The first-order valence-electron chi connectivity index (χ1n) is 11.3. The molecule has 12 heteroatoms. The summed E-state index contributed by atoms with van der Waals surface area (Å²) in [5, 5.41) is 2.48. The van der Waals surface area contributed by atoms with Crippen molar-refractivity contribution in [2.75, 3.05) is 35.9 Å². The quantitative estimate of drug-likeness (QED) is 0.444. The van der Waals surface area contributed by atoms with Gasteiger partial charge >= 0.3 is 0 Å². The maximum atomic E-state index is 13.0. The van der Waals surface area contributed by atoms with Crippen molar-refractivity contribution in [3.05, 3.63) is 84.4 Å². The fourth-order valence-corrected chi connectivity index (χ4v) is 5.85. The van der Waals surface area contributed by atoms with Crippen molar-refractivity contribution in [2.45, 2.75) is 4.90 Å². The minimum atomic E-state index is -3.99. The molecule has 10 nitrogen and oxygen atoms in total. The zero-order valence-electron chi connectivity index (χ0n) is 19.7. The Morgan fingerprint density at radius 1 is 0.865 bits per heavy atom. The fourth-order valence-electron chi connectivity index (χ4n) is 3.58. The third-order valence-electron chi connectivity index (χ3n) is 5.63. The first-order chi connectivity index (χ1) is 17.6. The SMILES string of the molecule is O=C(NCC(=O)N1CCS(=O)(=O)CC1)c1ccc(S(=O)(=O)Nc2ccccc2Oc2ccccc2)cc1. The van der Waals surface area contributed by atoms with Crippen molar-refractivity contribution in [2.24, 2.45) is 0 Å². The third kappa shape index (κ3) is 6.86. The molecule has 3 aromatic rings. The number of nitrogens with one attached hydrogen (secondary N) is 2. The van der Waals surface area contributed by atoms with Gasteiger partial charge in [-0.2, -0.15) is 0 Å².